The second kappa shape index (κ2) is 14.0. The first-order valence-electron chi connectivity index (χ1n) is 13.9. The quantitative estimate of drug-likeness (QED) is 0.175. The van der Waals surface area contributed by atoms with Crippen LogP contribution in [0.5, 0.6) is 11.5 Å². The molecule has 1 aliphatic heterocycles. The molecule has 4 aromatic rings. The molecule has 0 unspecified atom stereocenters. The number of nitrogens with one attached hydrogen (secondary N) is 3. The molecule has 0 aliphatic carbocycles. The van der Waals surface area contributed by atoms with Crippen molar-refractivity contribution >= 4 is 34.1 Å². The molecule has 3 heterocycles. The van der Waals surface area contributed by atoms with Gasteiger partial charge in [0.2, 0.25) is 5.91 Å². The van der Waals surface area contributed by atoms with Crippen molar-refractivity contribution in [2.45, 2.75) is 12.8 Å². The number of rotatable bonds is 13. The summed E-state index contributed by atoms with van der Waals surface area (Å²) in [4.78, 5) is 25.9. The monoisotopic (exact) mass is 578 g/mol. The highest BCUT2D eigenvalue weighted by molar-refractivity contribution is 5.93. The second-order valence-electron chi connectivity index (χ2n) is 9.99. The lowest BCUT2D eigenvalue weighted by Gasteiger charge is -2.34. The number of aliphatic hydroxyl groups is 1. The molecule has 4 N–H and O–H groups in total. The number of benzene rings is 2. The molecule has 1 amide bonds. The van der Waals surface area contributed by atoms with Gasteiger partial charge >= 0.3 is 0 Å². The van der Waals surface area contributed by atoms with Crippen LogP contribution in [0.15, 0.2) is 48.8 Å². The second-order valence-corrected chi connectivity index (χ2v) is 9.99. The van der Waals surface area contributed by atoms with Crippen molar-refractivity contribution in [1.29, 1.82) is 0 Å². The van der Waals surface area contributed by atoms with Crippen LogP contribution < -0.4 is 20.1 Å². The molecule has 1 aliphatic rings. The van der Waals surface area contributed by atoms with Crippen molar-refractivity contribution in [2.75, 3.05) is 70.2 Å². The molecule has 222 valence electrons. The summed E-state index contributed by atoms with van der Waals surface area (Å²) >= 11 is 0. The summed E-state index contributed by atoms with van der Waals surface area (Å²) in [6, 6.07) is 11.1. The molecule has 2 aromatic heterocycles. The normalized spacial score (nSPS) is 14.2. The number of carbonyl (C=O) groups is 1. The van der Waals surface area contributed by atoms with Crippen molar-refractivity contribution in [2.24, 2.45) is 0 Å². The number of halogens is 1. The zero-order chi connectivity index (χ0) is 29.3. The fourth-order valence-electron chi connectivity index (χ4n) is 4.87. The molecule has 5 rings (SSSR count). The number of aromatic amines is 1. The van der Waals surface area contributed by atoms with Gasteiger partial charge in [0, 0.05) is 68.2 Å². The predicted octanol–water partition coefficient (Wildman–Crippen LogP) is 2.80. The number of fused-ring (bicyclic) bond motifs is 1. The van der Waals surface area contributed by atoms with Crippen molar-refractivity contribution in [3.05, 3.63) is 60.3 Å². The van der Waals surface area contributed by atoms with E-state index in [2.05, 4.69) is 40.6 Å². The lowest BCUT2D eigenvalue weighted by Crippen LogP contribution is -2.47. The Balaban J connectivity index is 1.17. The van der Waals surface area contributed by atoms with E-state index in [0.717, 1.165) is 51.1 Å². The predicted molar refractivity (Wildman–Crippen MR) is 157 cm³/mol. The Morgan fingerprint density at radius 1 is 1.07 bits per heavy atom. The Morgan fingerprint density at radius 2 is 1.88 bits per heavy atom. The van der Waals surface area contributed by atoms with Gasteiger partial charge in [0.1, 0.15) is 18.0 Å². The van der Waals surface area contributed by atoms with Gasteiger partial charge in [-0.05, 0) is 30.7 Å². The van der Waals surface area contributed by atoms with E-state index in [9.17, 15) is 9.18 Å². The van der Waals surface area contributed by atoms with Crippen LogP contribution in [-0.2, 0) is 11.2 Å². The number of nitrogens with zero attached hydrogens (tertiary/aromatic N) is 5. The number of piperazine rings is 1. The molecule has 12 nitrogen and oxygen atoms in total. The summed E-state index contributed by atoms with van der Waals surface area (Å²) in [5, 5.41) is 22.8. The minimum Gasteiger partial charge on any atom is -0.493 e. The van der Waals surface area contributed by atoms with Gasteiger partial charge in [-0.15, -0.1) is 0 Å². The lowest BCUT2D eigenvalue weighted by molar-refractivity contribution is -0.115. The third-order valence-corrected chi connectivity index (χ3v) is 7.01. The first-order chi connectivity index (χ1) is 20.5. The van der Waals surface area contributed by atoms with E-state index < -0.39 is 5.82 Å². The number of methoxy groups -OCH3 is 1. The largest absolute Gasteiger partial charge is 0.493 e. The van der Waals surface area contributed by atoms with E-state index in [1.807, 2.05) is 12.1 Å². The van der Waals surface area contributed by atoms with E-state index in [-0.39, 0.29) is 18.9 Å². The average molecular weight is 579 g/mol. The van der Waals surface area contributed by atoms with Crippen LogP contribution in [0.1, 0.15) is 12.1 Å². The van der Waals surface area contributed by atoms with Crippen LogP contribution in [0, 0.1) is 5.82 Å². The standard InChI is InChI=1S/C29H35FN8O4/c1-41-25-17-23-24(18-26(25)42-13-3-6-37-7-9-38(10-8-37)11-12-39)31-19-32-29(23)34-27-15-22(35-36-27)16-28(40)33-21-5-2-4-20(30)14-21/h2,4-5,14-15,17-19,39H,3,6-13,16H2,1H3,(H,33,40)(H2,31,32,34,35,36). The fourth-order valence-corrected chi connectivity index (χ4v) is 4.87. The highest BCUT2D eigenvalue weighted by atomic mass is 19.1. The molecule has 2 aromatic carbocycles. The molecular weight excluding hydrogens is 543 g/mol. The van der Waals surface area contributed by atoms with Gasteiger partial charge in [-0.25, -0.2) is 14.4 Å². The SMILES string of the molecule is COc1cc2c(Nc3cc(CC(=O)Nc4cccc(F)c4)[nH]n3)ncnc2cc1OCCCN1CCN(CCO)CC1. The van der Waals surface area contributed by atoms with Crippen molar-refractivity contribution in [3.8, 4) is 11.5 Å². The number of amides is 1. The van der Waals surface area contributed by atoms with Crippen molar-refractivity contribution < 1.29 is 23.8 Å². The zero-order valence-electron chi connectivity index (χ0n) is 23.5. The van der Waals surface area contributed by atoms with E-state index in [1.165, 1.54) is 24.5 Å². The van der Waals surface area contributed by atoms with Crippen LogP contribution in [0.3, 0.4) is 0 Å². The number of aliphatic hydroxyl groups excluding tert-OH is 1. The molecular formula is C29H35FN8O4. The number of carbonyl (C=O) groups excluding carboxylic acids is 1. The number of β-amino-alcohol motifs (C(OH)–C–C–N with tert-alkyl or cyclic N) is 1. The Bertz CT molecular complexity index is 1490. The van der Waals surface area contributed by atoms with Crippen LogP contribution >= 0.6 is 0 Å². The maximum absolute atomic E-state index is 13.4. The van der Waals surface area contributed by atoms with Gasteiger partial charge in [-0.2, -0.15) is 5.10 Å². The molecule has 0 radical (unpaired) electrons. The number of anilines is 3. The number of hydrogen-bond acceptors (Lipinski definition) is 10. The highest BCUT2D eigenvalue weighted by Gasteiger charge is 2.17. The minimum absolute atomic E-state index is 0.0319. The van der Waals surface area contributed by atoms with Gasteiger partial charge < -0.3 is 30.1 Å². The van der Waals surface area contributed by atoms with Crippen molar-refractivity contribution in [1.82, 2.24) is 30.0 Å². The number of ether oxygens (including phenoxy) is 2. The number of aromatic nitrogens is 4. The highest BCUT2D eigenvalue weighted by Crippen LogP contribution is 2.34. The van der Waals surface area contributed by atoms with E-state index >= 15 is 0 Å². The van der Waals surface area contributed by atoms with Crippen molar-refractivity contribution in [3.63, 3.8) is 0 Å². The van der Waals surface area contributed by atoms with Gasteiger partial charge in [-0.3, -0.25) is 14.8 Å². The van der Waals surface area contributed by atoms with Gasteiger partial charge in [-0.1, -0.05) is 6.07 Å². The first-order valence-corrected chi connectivity index (χ1v) is 13.9. The Hall–Kier alpha value is -4.33. The molecule has 1 saturated heterocycles. The molecule has 42 heavy (non-hydrogen) atoms. The minimum atomic E-state index is -0.422. The fraction of sp³-hybridized carbons (Fsp3) is 0.379. The first kappa shape index (κ1) is 29.2. The maximum atomic E-state index is 13.4. The van der Waals surface area contributed by atoms with Gasteiger partial charge in [0.05, 0.1) is 32.3 Å². The van der Waals surface area contributed by atoms with Crippen LogP contribution in [0.2, 0.25) is 0 Å². The van der Waals surface area contributed by atoms with Crippen LogP contribution in [0.25, 0.3) is 10.9 Å². The maximum Gasteiger partial charge on any atom is 0.230 e. The summed E-state index contributed by atoms with van der Waals surface area (Å²) in [7, 11) is 1.59. The number of hydrogen-bond donors (Lipinski definition) is 4. The molecule has 13 heteroatoms. The topological polar surface area (TPSA) is 141 Å². The molecule has 0 atom stereocenters. The summed E-state index contributed by atoms with van der Waals surface area (Å²) in [5.41, 5.74) is 1.63. The van der Waals surface area contributed by atoms with Crippen LogP contribution in [0.4, 0.5) is 21.7 Å². The molecule has 0 saturated carbocycles. The average Bonchev–Trinajstić information content (AvgIpc) is 3.42. The third-order valence-electron chi connectivity index (χ3n) is 7.01. The van der Waals surface area contributed by atoms with E-state index in [0.29, 0.717) is 46.6 Å². The zero-order valence-corrected chi connectivity index (χ0v) is 23.5. The summed E-state index contributed by atoms with van der Waals surface area (Å²) in [6.07, 6.45) is 2.36. The van der Waals surface area contributed by atoms with Crippen LogP contribution in [-0.4, -0.2) is 101 Å². The summed E-state index contributed by atoms with van der Waals surface area (Å²) in [5.74, 6) is 1.44. The van der Waals surface area contributed by atoms with Gasteiger partial charge in [0.15, 0.2) is 17.3 Å². The Morgan fingerprint density at radius 3 is 2.64 bits per heavy atom. The smallest absolute Gasteiger partial charge is 0.230 e. The van der Waals surface area contributed by atoms with E-state index in [1.54, 1.807) is 19.2 Å². The summed E-state index contributed by atoms with van der Waals surface area (Å²) in [6.45, 7) is 6.35. The Kier molecular flexibility index (Phi) is 9.74. The molecule has 0 bridgehead atoms. The van der Waals surface area contributed by atoms with Gasteiger partial charge in [0.25, 0.3) is 0 Å². The molecule has 1 fully saturated rings. The third kappa shape index (κ3) is 7.69. The lowest BCUT2D eigenvalue weighted by atomic mass is 10.2. The number of H-pyrrole nitrogens is 1. The summed E-state index contributed by atoms with van der Waals surface area (Å²) < 4.78 is 25.1. The molecule has 0 spiro atoms. The van der Waals surface area contributed by atoms with E-state index in [4.69, 9.17) is 14.6 Å². The Labute approximate surface area is 242 Å².